The summed E-state index contributed by atoms with van der Waals surface area (Å²) in [6, 6.07) is 6.64. The fourth-order valence-corrected chi connectivity index (χ4v) is 2.56. The maximum Gasteiger partial charge on any atom is 0.191 e. The highest BCUT2D eigenvalue weighted by atomic mass is 127. The van der Waals surface area contributed by atoms with E-state index in [2.05, 4.69) is 42.5 Å². The average Bonchev–Trinajstić information content (AvgIpc) is 3.25. The van der Waals surface area contributed by atoms with Gasteiger partial charge in [0.25, 0.3) is 0 Å². The first-order valence-electron chi connectivity index (χ1n) is 8.11. The molecule has 2 unspecified atom stereocenters. The number of benzene rings is 1. The molecule has 0 bridgehead atoms. The Bertz CT molecular complexity index is 575. The van der Waals surface area contributed by atoms with Gasteiger partial charge in [-0.2, -0.15) is 0 Å². The highest BCUT2D eigenvalue weighted by Crippen LogP contribution is 2.33. The lowest BCUT2D eigenvalue weighted by Crippen LogP contribution is -2.44. The number of halogens is 1. The lowest BCUT2D eigenvalue weighted by Gasteiger charge is -2.27. The van der Waals surface area contributed by atoms with Crippen molar-refractivity contribution in [2.45, 2.75) is 38.6 Å². The molecular weight excluding hydrogens is 417 g/mol. The zero-order valence-electron chi connectivity index (χ0n) is 15.5. The Kier molecular flexibility index (Phi) is 7.63. The van der Waals surface area contributed by atoms with E-state index in [-0.39, 0.29) is 29.4 Å². The number of methoxy groups -OCH3 is 2. The molecule has 24 heavy (non-hydrogen) atoms. The molecule has 2 rings (SSSR count). The van der Waals surface area contributed by atoms with Crippen molar-refractivity contribution in [3.05, 3.63) is 23.8 Å². The van der Waals surface area contributed by atoms with Crippen LogP contribution >= 0.6 is 24.0 Å². The lowest BCUT2D eigenvalue weighted by atomic mass is 9.84. The van der Waals surface area contributed by atoms with Crippen LogP contribution in [0.5, 0.6) is 11.5 Å². The third-order valence-corrected chi connectivity index (χ3v) is 4.52. The minimum atomic E-state index is -0.0632. The van der Waals surface area contributed by atoms with Gasteiger partial charge in [0.2, 0.25) is 0 Å². The molecule has 1 fully saturated rings. The summed E-state index contributed by atoms with van der Waals surface area (Å²) in [5.74, 6) is 3.12. The van der Waals surface area contributed by atoms with Crippen molar-refractivity contribution in [1.29, 1.82) is 0 Å². The van der Waals surface area contributed by atoms with E-state index >= 15 is 0 Å². The van der Waals surface area contributed by atoms with Crippen LogP contribution in [0.15, 0.2) is 23.2 Å². The number of aliphatic imine (C=N–C) groups is 1. The third-order valence-electron chi connectivity index (χ3n) is 4.52. The molecule has 0 radical (unpaired) electrons. The minimum Gasteiger partial charge on any atom is -0.493 e. The Labute approximate surface area is 162 Å². The van der Waals surface area contributed by atoms with Crippen LogP contribution < -0.4 is 20.1 Å². The zero-order chi connectivity index (χ0) is 17.0. The predicted octanol–water partition coefficient (Wildman–Crippen LogP) is 3.17. The van der Waals surface area contributed by atoms with E-state index in [0.717, 1.165) is 29.9 Å². The van der Waals surface area contributed by atoms with E-state index in [4.69, 9.17) is 9.47 Å². The van der Waals surface area contributed by atoms with Gasteiger partial charge in [-0.15, -0.1) is 24.0 Å². The molecule has 0 amide bonds. The summed E-state index contributed by atoms with van der Waals surface area (Å²) in [6.07, 6.45) is 1.22. The van der Waals surface area contributed by atoms with E-state index in [1.165, 1.54) is 12.0 Å². The minimum absolute atomic E-state index is 0. The summed E-state index contributed by atoms with van der Waals surface area (Å²) in [6.45, 7) is 7.43. The summed E-state index contributed by atoms with van der Waals surface area (Å²) in [4.78, 5) is 4.31. The summed E-state index contributed by atoms with van der Waals surface area (Å²) >= 11 is 0. The molecule has 0 saturated heterocycles. The molecule has 0 spiro atoms. The Morgan fingerprint density at radius 1 is 1.25 bits per heavy atom. The molecular formula is C18H30IN3O2. The second kappa shape index (κ2) is 8.78. The average molecular weight is 447 g/mol. The van der Waals surface area contributed by atoms with Gasteiger partial charge in [0.15, 0.2) is 17.5 Å². The third kappa shape index (κ3) is 5.16. The van der Waals surface area contributed by atoms with Crippen molar-refractivity contribution in [2.24, 2.45) is 10.9 Å². The highest BCUT2D eigenvalue weighted by Gasteiger charge is 2.33. The molecule has 6 heteroatoms. The SMILES string of the molecule is CN=C(NCC(C)(C)c1ccc(OC)c(OC)c1)NC1CC1C.I. The van der Waals surface area contributed by atoms with Crippen LogP contribution in [0, 0.1) is 5.92 Å². The second-order valence-electron chi connectivity index (χ2n) is 6.84. The number of nitrogens with zero attached hydrogens (tertiary/aromatic N) is 1. The normalized spacial score (nSPS) is 20.0. The Balaban J connectivity index is 0.00000288. The fourth-order valence-electron chi connectivity index (χ4n) is 2.56. The van der Waals surface area contributed by atoms with Crippen LogP contribution in [0.4, 0.5) is 0 Å². The number of guanidine groups is 1. The van der Waals surface area contributed by atoms with Crippen molar-refractivity contribution >= 4 is 29.9 Å². The van der Waals surface area contributed by atoms with Crippen LogP contribution in [0.3, 0.4) is 0 Å². The molecule has 1 aromatic rings. The first-order valence-corrected chi connectivity index (χ1v) is 8.11. The Hall–Kier alpha value is -1.18. The molecule has 0 aromatic heterocycles. The molecule has 1 saturated carbocycles. The van der Waals surface area contributed by atoms with Gasteiger partial charge in [-0.3, -0.25) is 4.99 Å². The maximum atomic E-state index is 5.41. The number of ether oxygens (including phenoxy) is 2. The van der Waals surface area contributed by atoms with Crippen molar-refractivity contribution in [3.8, 4) is 11.5 Å². The first-order chi connectivity index (χ1) is 10.9. The number of rotatable bonds is 6. The van der Waals surface area contributed by atoms with E-state index in [1.54, 1.807) is 14.2 Å². The van der Waals surface area contributed by atoms with E-state index in [1.807, 2.05) is 19.2 Å². The van der Waals surface area contributed by atoms with Gasteiger partial charge in [0.1, 0.15) is 0 Å². The largest absolute Gasteiger partial charge is 0.493 e. The van der Waals surface area contributed by atoms with Crippen molar-refractivity contribution < 1.29 is 9.47 Å². The van der Waals surface area contributed by atoms with Gasteiger partial charge in [-0.1, -0.05) is 26.8 Å². The molecule has 2 N–H and O–H groups in total. The van der Waals surface area contributed by atoms with E-state index in [9.17, 15) is 0 Å². The molecule has 0 heterocycles. The summed E-state index contributed by atoms with van der Waals surface area (Å²) in [7, 11) is 5.12. The van der Waals surface area contributed by atoms with Crippen LogP contribution in [0.2, 0.25) is 0 Å². The van der Waals surface area contributed by atoms with Crippen molar-refractivity contribution in [3.63, 3.8) is 0 Å². The molecule has 1 aromatic carbocycles. The van der Waals surface area contributed by atoms with Crippen LogP contribution in [0.1, 0.15) is 32.8 Å². The van der Waals surface area contributed by atoms with Gasteiger partial charge in [-0.25, -0.2) is 0 Å². The summed E-state index contributed by atoms with van der Waals surface area (Å²) in [5, 5.41) is 6.88. The zero-order valence-corrected chi connectivity index (χ0v) is 17.8. The van der Waals surface area contributed by atoms with Crippen molar-refractivity contribution in [2.75, 3.05) is 27.8 Å². The van der Waals surface area contributed by atoms with Gasteiger partial charge in [-0.05, 0) is 30.0 Å². The van der Waals surface area contributed by atoms with Crippen molar-refractivity contribution in [1.82, 2.24) is 10.6 Å². The number of hydrogen-bond donors (Lipinski definition) is 2. The highest BCUT2D eigenvalue weighted by molar-refractivity contribution is 14.0. The topological polar surface area (TPSA) is 54.9 Å². The van der Waals surface area contributed by atoms with Gasteiger partial charge >= 0.3 is 0 Å². The van der Waals surface area contributed by atoms with E-state index in [0.29, 0.717) is 6.04 Å². The molecule has 136 valence electrons. The van der Waals surface area contributed by atoms with Crippen LogP contribution in [0.25, 0.3) is 0 Å². The fraction of sp³-hybridized carbons (Fsp3) is 0.611. The van der Waals surface area contributed by atoms with Gasteiger partial charge < -0.3 is 20.1 Å². The molecule has 2 atom stereocenters. The smallest absolute Gasteiger partial charge is 0.191 e. The second-order valence-corrected chi connectivity index (χ2v) is 6.84. The summed E-state index contributed by atoms with van der Waals surface area (Å²) in [5.41, 5.74) is 1.13. The van der Waals surface area contributed by atoms with E-state index < -0.39 is 0 Å². The monoisotopic (exact) mass is 447 g/mol. The Morgan fingerprint density at radius 2 is 1.88 bits per heavy atom. The van der Waals surface area contributed by atoms with Crippen LogP contribution in [-0.2, 0) is 5.41 Å². The predicted molar refractivity (Wildman–Crippen MR) is 110 cm³/mol. The molecule has 1 aliphatic rings. The quantitative estimate of drug-likeness (QED) is 0.400. The molecule has 1 aliphatic carbocycles. The summed E-state index contributed by atoms with van der Waals surface area (Å²) < 4.78 is 10.7. The van der Waals surface area contributed by atoms with Gasteiger partial charge in [0, 0.05) is 25.0 Å². The maximum absolute atomic E-state index is 5.41. The van der Waals surface area contributed by atoms with Gasteiger partial charge in [0.05, 0.1) is 14.2 Å². The molecule has 0 aliphatic heterocycles. The molecule has 5 nitrogen and oxygen atoms in total. The standard InChI is InChI=1S/C18H29N3O2.HI/c1-12-9-14(12)21-17(19-4)20-11-18(2,3)13-7-8-15(22-5)16(10-13)23-6;/h7-8,10,12,14H,9,11H2,1-6H3,(H2,19,20,21);1H. The first kappa shape index (κ1) is 20.9. The number of hydrogen-bond acceptors (Lipinski definition) is 3. The Morgan fingerprint density at radius 3 is 2.38 bits per heavy atom. The lowest BCUT2D eigenvalue weighted by molar-refractivity contribution is 0.353. The van der Waals surface area contributed by atoms with Crippen LogP contribution in [-0.4, -0.2) is 39.8 Å². The number of nitrogens with one attached hydrogen (secondary N) is 2.